The molecule has 4 nitrogen and oxygen atoms in total. The van der Waals surface area contributed by atoms with Crippen LogP contribution in [0.5, 0.6) is 5.75 Å². The quantitative estimate of drug-likeness (QED) is 0.766. The Morgan fingerprint density at radius 2 is 1.85 bits per heavy atom. The van der Waals surface area contributed by atoms with E-state index in [0.717, 1.165) is 16.9 Å². The average molecular weight is 281 g/mol. The van der Waals surface area contributed by atoms with Gasteiger partial charge in [0.1, 0.15) is 18.5 Å². The third-order valence-corrected chi connectivity index (χ3v) is 3.31. The van der Waals surface area contributed by atoms with E-state index in [1.165, 1.54) is 0 Å². The van der Waals surface area contributed by atoms with Crippen molar-refractivity contribution in [2.24, 2.45) is 0 Å². The third-order valence-electron chi connectivity index (χ3n) is 3.31. The molecule has 0 radical (unpaired) electrons. The highest BCUT2D eigenvalue weighted by molar-refractivity contribution is 5.39. The lowest BCUT2D eigenvalue weighted by molar-refractivity contribution is 0.0191. The number of aliphatic hydroxyl groups excluding tert-OH is 1. The number of aliphatic hydroxyl groups is 1. The van der Waals surface area contributed by atoms with Crippen molar-refractivity contribution in [2.45, 2.75) is 39.4 Å². The number of nitrogens with one attached hydrogen (secondary N) is 1. The molecule has 0 aromatic heterocycles. The van der Waals surface area contributed by atoms with E-state index in [-0.39, 0.29) is 12.2 Å². The first-order valence-electron chi connectivity index (χ1n) is 6.98. The molecule has 1 aromatic carbocycles. The van der Waals surface area contributed by atoms with Crippen LogP contribution in [-0.4, -0.2) is 43.6 Å². The zero-order valence-corrected chi connectivity index (χ0v) is 13.2. The zero-order valence-electron chi connectivity index (χ0n) is 13.2. The van der Waals surface area contributed by atoms with Gasteiger partial charge in [-0.05, 0) is 38.8 Å². The van der Waals surface area contributed by atoms with Crippen molar-refractivity contribution in [1.29, 1.82) is 0 Å². The largest absolute Gasteiger partial charge is 0.490 e. The summed E-state index contributed by atoms with van der Waals surface area (Å²) in [5.41, 5.74) is 1.95. The molecule has 2 N–H and O–H groups in total. The summed E-state index contributed by atoms with van der Waals surface area (Å²) in [6, 6.07) is 6.02. The Hall–Kier alpha value is -1.10. The number of hydrogen-bond donors (Lipinski definition) is 2. The normalized spacial score (nSPS) is 13.3. The van der Waals surface area contributed by atoms with Crippen LogP contribution >= 0.6 is 0 Å². The molecule has 0 fully saturated rings. The van der Waals surface area contributed by atoms with E-state index < -0.39 is 6.10 Å². The summed E-state index contributed by atoms with van der Waals surface area (Å²) in [6.45, 7) is 9.47. The molecule has 20 heavy (non-hydrogen) atoms. The number of aryl methyl sites for hydroxylation is 2. The molecule has 0 bridgehead atoms. The molecule has 0 spiro atoms. The summed E-state index contributed by atoms with van der Waals surface area (Å²) < 4.78 is 11.0. The van der Waals surface area contributed by atoms with Gasteiger partial charge in [-0.1, -0.05) is 18.2 Å². The molecule has 114 valence electrons. The van der Waals surface area contributed by atoms with Gasteiger partial charge in [0.2, 0.25) is 0 Å². The highest BCUT2D eigenvalue weighted by Crippen LogP contribution is 2.22. The Bertz CT molecular complexity index is 398. The lowest BCUT2D eigenvalue weighted by Gasteiger charge is -2.24. The summed E-state index contributed by atoms with van der Waals surface area (Å²) in [5.74, 6) is 0.865. The van der Waals surface area contributed by atoms with Crippen LogP contribution < -0.4 is 10.1 Å². The molecule has 0 aliphatic carbocycles. The van der Waals surface area contributed by atoms with Crippen LogP contribution in [0.1, 0.15) is 25.0 Å². The topological polar surface area (TPSA) is 50.7 Å². The average Bonchev–Trinajstić information content (AvgIpc) is 2.38. The van der Waals surface area contributed by atoms with Crippen LogP contribution in [0.25, 0.3) is 0 Å². The molecule has 0 amide bonds. The molecule has 0 saturated carbocycles. The number of ether oxygens (including phenoxy) is 2. The zero-order chi connectivity index (χ0) is 15.2. The predicted molar refractivity (Wildman–Crippen MR) is 81.4 cm³/mol. The number of para-hydroxylation sites is 1. The lowest BCUT2D eigenvalue weighted by atomic mass is 10.1. The van der Waals surface area contributed by atoms with Gasteiger partial charge >= 0.3 is 0 Å². The molecule has 4 heteroatoms. The van der Waals surface area contributed by atoms with Crippen molar-refractivity contribution >= 4 is 0 Å². The van der Waals surface area contributed by atoms with Gasteiger partial charge in [0, 0.05) is 20.2 Å². The van der Waals surface area contributed by atoms with Crippen LogP contribution in [0.4, 0.5) is 0 Å². The fourth-order valence-corrected chi connectivity index (χ4v) is 1.88. The highest BCUT2D eigenvalue weighted by atomic mass is 16.5. The van der Waals surface area contributed by atoms with E-state index in [1.807, 2.05) is 45.9 Å². The maximum absolute atomic E-state index is 9.93. The maximum atomic E-state index is 9.93. The molecular formula is C16H27NO3. The summed E-state index contributed by atoms with van der Waals surface area (Å²) in [4.78, 5) is 0. The Labute approximate surface area is 122 Å². The van der Waals surface area contributed by atoms with Crippen molar-refractivity contribution in [1.82, 2.24) is 5.32 Å². The standard InChI is InChI=1S/C16H27NO3/c1-12-7-6-8-13(2)15(12)20-10-14(18)9-17-11-16(3,4)19-5/h6-8,14,17-18H,9-11H2,1-5H3. The Morgan fingerprint density at radius 1 is 1.25 bits per heavy atom. The van der Waals surface area contributed by atoms with Gasteiger partial charge in [0.15, 0.2) is 0 Å². The van der Waals surface area contributed by atoms with Crippen LogP contribution in [0.3, 0.4) is 0 Å². The minimum atomic E-state index is -0.540. The van der Waals surface area contributed by atoms with E-state index in [2.05, 4.69) is 5.32 Å². The number of methoxy groups -OCH3 is 1. The second-order valence-electron chi connectivity index (χ2n) is 5.78. The van der Waals surface area contributed by atoms with Gasteiger partial charge < -0.3 is 19.9 Å². The molecule has 0 heterocycles. The maximum Gasteiger partial charge on any atom is 0.125 e. The second-order valence-corrected chi connectivity index (χ2v) is 5.78. The molecule has 0 aliphatic rings. The summed E-state index contributed by atoms with van der Waals surface area (Å²) in [5, 5.41) is 13.1. The van der Waals surface area contributed by atoms with E-state index in [0.29, 0.717) is 13.1 Å². The SMILES string of the molecule is COC(C)(C)CNCC(O)COc1c(C)cccc1C. The number of benzene rings is 1. The Morgan fingerprint density at radius 3 is 2.40 bits per heavy atom. The lowest BCUT2D eigenvalue weighted by Crippen LogP contribution is -2.41. The van der Waals surface area contributed by atoms with Crippen molar-refractivity contribution in [3.8, 4) is 5.75 Å². The first-order valence-corrected chi connectivity index (χ1v) is 6.98. The molecule has 0 aliphatic heterocycles. The van der Waals surface area contributed by atoms with Gasteiger partial charge in [0.25, 0.3) is 0 Å². The summed E-state index contributed by atoms with van der Waals surface area (Å²) in [6.07, 6.45) is -0.540. The molecular weight excluding hydrogens is 254 g/mol. The Balaban J connectivity index is 2.35. The van der Waals surface area contributed by atoms with E-state index in [1.54, 1.807) is 7.11 Å². The minimum Gasteiger partial charge on any atom is -0.490 e. The first kappa shape index (κ1) is 17.0. The molecule has 1 atom stereocenters. The fourth-order valence-electron chi connectivity index (χ4n) is 1.88. The number of rotatable bonds is 8. The number of hydrogen-bond acceptors (Lipinski definition) is 4. The van der Waals surface area contributed by atoms with E-state index >= 15 is 0 Å². The molecule has 1 aromatic rings. The van der Waals surface area contributed by atoms with Crippen LogP contribution in [0, 0.1) is 13.8 Å². The Kier molecular flexibility index (Phi) is 6.46. The monoisotopic (exact) mass is 281 g/mol. The van der Waals surface area contributed by atoms with Gasteiger partial charge in [-0.15, -0.1) is 0 Å². The van der Waals surface area contributed by atoms with Gasteiger partial charge in [-0.2, -0.15) is 0 Å². The van der Waals surface area contributed by atoms with Crippen molar-refractivity contribution < 1.29 is 14.6 Å². The highest BCUT2D eigenvalue weighted by Gasteiger charge is 2.16. The molecule has 0 saturated heterocycles. The summed E-state index contributed by atoms with van der Waals surface area (Å²) >= 11 is 0. The summed E-state index contributed by atoms with van der Waals surface area (Å²) in [7, 11) is 1.68. The van der Waals surface area contributed by atoms with E-state index in [4.69, 9.17) is 9.47 Å². The van der Waals surface area contributed by atoms with Gasteiger partial charge in [0.05, 0.1) is 5.60 Å². The van der Waals surface area contributed by atoms with Crippen LogP contribution in [0.2, 0.25) is 0 Å². The van der Waals surface area contributed by atoms with Crippen molar-refractivity contribution in [3.05, 3.63) is 29.3 Å². The van der Waals surface area contributed by atoms with Crippen molar-refractivity contribution in [2.75, 3.05) is 26.8 Å². The smallest absolute Gasteiger partial charge is 0.125 e. The van der Waals surface area contributed by atoms with Gasteiger partial charge in [-0.25, -0.2) is 0 Å². The van der Waals surface area contributed by atoms with Crippen molar-refractivity contribution in [3.63, 3.8) is 0 Å². The van der Waals surface area contributed by atoms with Crippen LogP contribution in [-0.2, 0) is 4.74 Å². The predicted octanol–water partition coefficient (Wildman–Crippen LogP) is 2.06. The van der Waals surface area contributed by atoms with E-state index in [9.17, 15) is 5.11 Å². The third kappa shape index (κ3) is 5.49. The fraction of sp³-hybridized carbons (Fsp3) is 0.625. The first-order chi connectivity index (χ1) is 9.35. The molecule has 1 rings (SSSR count). The second kappa shape index (κ2) is 7.62. The minimum absolute atomic E-state index is 0.229. The molecule has 1 unspecified atom stereocenters. The van der Waals surface area contributed by atoms with Gasteiger partial charge in [-0.3, -0.25) is 0 Å². The van der Waals surface area contributed by atoms with Crippen LogP contribution in [0.15, 0.2) is 18.2 Å².